The Bertz CT molecular complexity index is 133. The van der Waals surface area contributed by atoms with E-state index in [1.807, 2.05) is 0 Å². The van der Waals surface area contributed by atoms with Crippen molar-refractivity contribution in [3.05, 3.63) is 0 Å². The molecule has 64 valence electrons. The molecular weight excluding hydrogens is 134 g/mol. The summed E-state index contributed by atoms with van der Waals surface area (Å²) in [7, 11) is 2.12. The number of nitrogens with one attached hydrogen (secondary N) is 1. The molecule has 0 bridgehead atoms. The fourth-order valence-electron chi connectivity index (χ4n) is 2.87. The summed E-state index contributed by atoms with van der Waals surface area (Å²) in [4.78, 5) is 0. The van der Waals surface area contributed by atoms with Crippen LogP contribution in [0, 0.1) is 11.8 Å². The van der Waals surface area contributed by atoms with Gasteiger partial charge in [0.25, 0.3) is 0 Å². The van der Waals surface area contributed by atoms with Gasteiger partial charge in [0.05, 0.1) is 0 Å². The lowest BCUT2D eigenvalue weighted by Crippen LogP contribution is -2.48. The second-order valence-corrected chi connectivity index (χ2v) is 4.19. The van der Waals surface area contributed by atoms with E-state index in [9.17, 15) is 0 Å². The summed E-state index contributed by atoms with van der Waals surface area (Å²) in [5.74, 6) is 2.14. The molecule has 0 heterocycles. The van der Waals surface area contributed by atoms with Gasteiger partial charge in [0, 0.05) is 6.04 Å². The monoisotopic (exact) mass is 153 g/mol. The van der Waals surface area contributed by atoms with Crippen molar-refractivity contribution in [2.75, 3.05) is 7.05 Å². The molecule has 0 aromatic heterocycles. The Morgan fingerprint density at radius 1 is 1.09 bits per heavy atom. The second kappa shape index (κ2) is 3.14. The highest BCUT2D eigenvalue weighted by Crippen LogP contribution is 2.43. The van der Waals surface area contributed by atoms with Gasteiger partial charge in [-0.2, -0.15) is 0 Å². The lowest BCUT2D eigenvalue weighted by Gasteiger charge is -2.44. The maximum atomic E-state index is 3.43. The minimum atomic E-state index is 0.873. The highest BCUT2D eigenvalue weighted by Gasteiger charge is 2.39. The number of fused-ring (bicyclic) bond motifs is 1. The van der Waals surface area contributed by atoms with Crippen LogP contribution in [-0.2, 0) is 0 Å². The van der Waals surface area contributed by atoms with Crippen molar-refractivity contribution in [2.24, 2.45) is 11.8 Å². The van der Waals surface area contributed by atoms with Gasteiger partial charge in [0.2, 0.25) is 0 Å². The molecule has 0 spiro atoms. The second-order valence-electron chi connectivity index (χ2n) is 4.19. The summed E-state index contributed by atoms with van der Waals surface area (Å²) in [6, 6.07) is 0.873. The molecule has 2 aliphatic rings. The van der Waals surface area contributed by atoms with E-state index in [1.54, 1.807) is 0 Å². The summed E-state index contributed by atoms with van der Waals surface area (Å²) in [6.07, 6.45) is 8.95. The van der Waals surface area contributed by atoms with Crippen molar-refractivity contribution in [1.82, 2.24) is 5.32 Å². The summed E-state index contributed by atoms with van der Waals surface area (Å²) in [6.45, 7) is 0. The molecule has 0 saturated heterocycles. The summed E-state index contributed by atoms with van der Waals surface area (Å²) in [5.41, 5.74) is 0. The summed E-state index contributed by atoms with van der Waals surface area (Å²) in [5, 5.41) is 3.43. The molecule has 1 heteroatoms. The van der Waals surface area contributed by atoms with Crippen molar-refractivity contribution in [1.29, 1.82) is 0 Å². The topological polar surface area (TPSA) is 12.0 Å². The predicted molar refractivity (Wildman–Crippen MR) is 47.5 cm³/mol. The van der Waals surface area contributed by atoms with Gasteiger partial charge in [-0.25, -0.2) is 0 Å². The fourth-order valence-corrected chi connectivity index (χ4v) is 2.87. The Morgan fingerprint density at radius 3 is 2.73 bits per heavy atom. The van der Waals surface area contributed by atoms with Crippen LogP contribution in [0.4, 0.5) is 0 Å². The standard InChI is InChI=1S/C10H19N/c1-11-10-7-8-5-3-2-4-6-9(8)10/h8-11H,2-7H2,1H3. The van der Waals surface area contributed by atoms with Crippen LogP contribution in [-0.4, -0.2) is 13.1 Å². The first-order valence-electron chi connectivity index (χ1n) is 5.09. The van der Waals surface area contributed by atoms with Crippen LogP contribution in [0.2, 0.25) is 0 Å². The molecule has 0 aromatic rings. The van der Waals surface area contributed by atoms with Crippen molar-refractivity contribution in [3.8, 4) is 0 Å². The molecule has 11 heavy (non-hydrogen) atoms. The van der Waals surface area contributed by atoms with E-state index in [2.05, 4.69) is 12.4 Å². The van der Waals surface area contributed by atoms with E-state index in [4.69, 9.17) is 0 Å². The van der Waals surface area contributed by atoms with Crippen LogP contribution in [0.3, 0.4) is 0 Å². The van der Waals surface area contributed by atoms with Crippen molar-refractivity contribution in [2.45, 2.75) is 44.6 Å². The SMILES string of the molecule is CNC1CC2CCCCCC21. The normalized spacial score (nSPS) is 43.9. The van der Waals surface area contributed by atoms with Gasteiger partial charge < -0.3 is 5.32 Å². The fraction of sp³-hybridized carbons (Fsp3) is 1.00. The molecule has 1 nitrogen and oxygen atoms in total. The highest BCUT2D eigenvalue weighted by atomic mass is 14.9. The Hall–Kier alpha value is -0.0400. The molecule has 2 aliphatic carbocycles. The zero-order valence-electron chi connectivity index (χ0n) is 7.47. The van der Waals surface area contributed by atoms with E-state index in [0.29, 0.717) is 0 Å². The lowest BCUT2D eigenvalue weighted by molar-refractivity contribution is 0.103. The van der Waals surface area contributed by atoms with Gasteiger partial charge in [-0.3, -0.25) is 0 Å². The third kappa shape index (κ3) is 1.31. The van der Waals surface area contributed by atoms with Gasteiger partial charge in [-0.15, -0.1) is 0 Å². The Labute approximate surface area is 69.6 Å². The predicted octanol–water partition coefficient (Wildman–Crippen LogP) is 2.17. The van der Waals surface area contributed by atoms with Crippen molar-refractivity contribution < 1.29 is 0 Å². The highest BCUT2D eigenvalue weighted by molar-refractivity contribution is 4.94. The Balaban J connectivity index is 1.90. The van der Waals surface area contributed by atoms with Gasteiger partial charge in [0.1, 0.15) is 0 Å². The molecule has 0 amide bonds. The van der Waals surface area contributed by atoms with Gasteiger partial charge in [-0.05, 0) is 31.7 Å². The molecule has 0 aliphatic heterocycles. The van der Waals surface area contributed by atoms with Crippen LogP contribution >= 0.6 is 0 Å². The van der Waals surface area contributed by atoms with E-state index < -0.39 is 0 Å². The third-order valence-corrected chi connectivity index (χ3v) is 3.66. The van der Waals surface area contributed by atoms with E-state index in [1.165, 1.54) is 38.5 Å². The molecular formula is C10H19N. The zero-order valence-corrected chi connectivity index (χ0v) is 7.47. The number of hydrogen-bond acceptors (Lipinski definition) is 1. The van der Waals surface area contributed by atoms with E-state index in [-0.39, 0.29) is 0 Å². The molecule has 2 fully saturated rings. The first kappa shape index (κ1) is 7.60. The van der Waals surface area contributed by atoms with Crippen molar-refractivity contribution in [3.63, 3.8) is 0 Å². The Morgan fingerprint density at radius 2 is 1.91 bits per heavy atom. The van der Waals surface area contributed by atoms with Crippen LogP contribution in [0.15, 0.2) is 0 Å². The van der Waals surface area contributed by atoms with Gasteiger partial charge >= 0.3 is 0 Å². The quantitative estimate of drug-likeness (QED) is 0.609. The van der Waals surface area contributed by atoms with E-state index >= 15 is 0 Å². The number of hydrogen-bond donors (Lipinski definition) is 1. The lowest BCUT2D eigenvalue weighted by atomic mass is 9.67. The number of rotatable bonds is 1. The molecule has 0 aromatic carbocycles. The average Bonchev–Trinajstić information content (AvgIpc) is 2.15. The molecule has 0 radical (unpaired) electrons. The summed E-state index contributed by atoms with van der Waals surface area (Å²) < 4.78 is 0. The van der Waals surface area contributed by atoms with Crippen LogP contribution in [0.25, 0.3) is 0 Å². The van der Waals surface area contributed by atoms with Gasteiger partial charge in [0.15, 0.2) is 0 Å². The maximum absolute atomic E-state index is 3.43. The van der Waals surface area contributed by atoms with Crippen LogP contribution in [0.5, 0.6) is 0 Å². The molecule has 1 N–H and O–H groups in total. The minimum Gasteiger partial charge on any atom is -0.317 e. The van der Waals surface area contributed by atoms with Gasteiger partial charge in [-0.1, -0.05) is 25.7 Å². The molecule has 3 unspecified atom stereocenters. The maximum Gasteiger partial charge on any atom is 0.00977 e. The largest absolute Gasteiger partial charge is 0.317 e. The van der Waals surface area contributed by atoms with Crippen LogP contribution < -0.4 is 5.32 Å². The van der Waals surface area contributed by atoms with E-state index in [0.717, 1.165) is 17.9 Å². The average molecular weight is 153 g/mol. The first-order valence-corrected chi connectivity index (χ1v) is 5.09. The molecule has 2 saturated carbocycles. The summed E-state index contributed by atoms with van der Waals surface area (Å²) >= 11 is 0. The Kier molecular flexibility index (Phi) is 2.17. The molecule has 3 atom stereocenters. The third-order valence-electron chi connectivity index (χ3n) is 3.66. The first-order chi connectivity index (χ1) is 5.42. The van der Waals surface area contributed by atoms with Crippen LogP contribution in [0.1, 0.15) is 38.5 Å². The molecule has 2 rings (SSSR count). The van der Waals surface area contributed by atoms with Crippen molar-refractivity contribution >= 4 is 0 Å². The smallest absolute Gasteiger partial charge is 0.00977 e. The zero-order chi connectivity index (χ0) is 7.68. The minimum absolute atomic E-state index is 0.873.